The largest absolute Gasteiger partial charge is 0.412 e. The Bertz CT molecular complexity index is 956. The SMILES string of the molecule is Cc1cc2c(ncn2C)c(Cl)n1.Cc1cc2c(ncn2C)c(Cl)n1.O. The van der Waals surface area contributed by atoms with Gasteiger partial charge in [0.2, 0.25) is 0 Å². The molecule has 0 spiro atoms. The molecular weight excluding hydrogens is 363 g/mol. The van der Waals surface area contributed by atoms with E-state index >= 15 is 0 Å². The third kappa shape index (κ3) is 3.73. The number of nitrogens with zero attached hydrogens (tertiary/aromatic N) is 6. The molecule has 0 aliphatic heterocycles. The van der Waals surface area contributed by atoms with E-state index in [0.717, 1.165) is 33.5 Å². The molecule has 0 bridgehead atoms. The van der Waals surface area contributed by atoms with Gasteiger partial charge in [0.1, 0.15) is 11.0 Å². The number of aryl methyl sites for hydroxylation is 4. The zero-order chi connectivity index (χ0) is 17.4. The van der Waals surface area contributed by atoms with Crippen LogP contribution in [0.4, 0.5) is 0 Å². The van der Waals surface area contributed by atoms with E-state index in [1.165, 1.54) is 0 Å². The summed E-state index contributed by atoms with van der Waals surface area (Å²) in [6.45, 7) is 3.83. The van der Waals surface area contributed by atoms with Crippen LogP contribution in [0.5, 0.6) is 0 Å². The molecule has 0 fully saturated rings. The number of rotatable bonds is 0. The molecule has 4 heterocycles. The average Bonchev–Trinajstić information content (AvgIpc) is 3.05. The molecule has 4 rings (SSSR count). The van der Waals surface area contributed by atoms with Gasteiger partial charge in [-0.3, -0.25) is 0 Å². The van der Waals surface area contributed by atoms with Crippen molar-refractivity contribution in [3.8, 4) is 0 Å². The Morgan fingerprint density at radius 2 is 1.12 bits per heavy atom. The van der Waals surface area contributed by atoms with Crippen LogP contribution in [0.1, 0.15) is 11.4 Å². The summed E-state index contributed by atoms with van der Waals surface area (Å²) in [5.74, 6) is 0. The zero-order valence-electron chi connectivity index (χ0n) is 14.2. The Kier molecular flexibility index (Phi) is 5.62. The van der Waals surface area contributed by atoms with E-state index < -0.39 is 0 Å². The molecule has 0 unspecified atom stereocenters. The highest BCUT2D eigenvalue weighted by atomic mass is 35.5. The monoisotopic (exact) mass is 380 g/mol. The summed E-state index contributed by atoms with van der Waals surface area (Å²) in [6.07, 6.45) is 3.47. The van der Waals surface area contributed by atoms with Crippen LogP contribution in [0.15, 0.2) is 24.8 Å². The van der Waals surface area contributed by atoms with Crippen molar-refractivity contribution in [3.63, 3.8) is 0 Å². The van der Waals surface area contributed by atoms with E-state index in [2.05, 4.69) is 19.9 Å². The third-order valence-corrected chi connectivity index (χ3v) is 4.12. The molecule has 0 atom stereocenters. The topological polar surface area (TPSA) is 92.9 Å². The van der Waals surface area contributed by atoms with Crippen molar-refractivity contribution >= 4 is 45.3 Å². The molecule has 132 valence electrons. The number of aromatic nitrogens is 6. The van der Waals surface area contributed by atoms with Gasteiger partial charge in [-0.15, -0.1) is 0 Å². The van der Waals surface area contributed by atoms with Gasteiger partial charge in [0.05, 0.1) is 23.7 Å². The summed E-state index contributed by atoms with van der Waals surface area (Å²) in [6, 6.07) is 3.93. The normalized spacial score (nSPS) is 10.5. The van der Waals surface area contributed by atoms with E-state index in [-0.39, 0.29) is 5.48 Å². The molecule has 0 saturated carbocycles. The number of hydrogen-bond donors (Lipinski definition) is 0. The van der Waals surface area contributed by atoms with Crippen LogP contribution in [0.25, 0.3) is 22.1 Å². The summed E-state index contributed by atoms with van der Waals surface area (Å²) >= 11 is 11.8. The molecular formula is C16H18Cl2N6O. The fourth-order valence-corrected chi connectivity index (χ4v) is 2.97. The minimum atomic E-state index is 0. The van der Waals surface area contributed by atoms with Crippen LogP contribution in [0.3, 0.4) is 0 Å². The standard InChI is InChI=1S/2C8H8ClN3.H2O/c2*1-5-3-6-7(8(9)11-5)10-4-12(6)2;/h2*3-4H,1-2H3;1H2. The maximum Gasteiger partial charge on any atom is 0.157 e. The summed E-state index contributed by atoms with van der Waals surface area (Å²) in [5.41, 5.74) is 5.40. The molecule has 7 nitrogen and oxygen atoms in total. The van der Waals surface area contributed by atoms with Crippen molar-refractivity contribution in [2.24, 2.45) is 14.1 Å². The first-order valence-corrected chi connectivity index (χ1v) is 8.00. The first-order chi connectivity index (χ1) is 11.4. The zero-order valence-corrected chi connectivity index (χ0v) is 15.8. The number of halogens is 2. The minimum absolute atomic E-state index is 0. The van der Waals surface area contributed by atoms with Crippen LogP contribution in [-0.2, 0) is 14.1 Å². The molecule has 0 aliphatic carbocycles. The van der Waals surface area contributed by atoms with E-state index in [1.807, 2.05) is 49.2 Å². The van der Waals surface area contributed by atoms with Crippen LogP contribution in [0.2, 0.25) is 10.3 Å². The van der Waals surface area contributed by atoms with E-state index in [4.69, 9.17) is 23.2 Å². The Balaban J connectivity index is 0.000000173. The lowest BCUT2D eigenvalue weighted by Gasteiger charge is -1.97. The van der Waals surface area contributed by atoms with Crippen molar-refractivity contribution in [3.05, 3.63) is 46.5 Å². The van der Waals surface area contributed by atoms with Gasteiger partial charge in [-0.2, -0.15) is 0 Å². The maximum absolute atomic E-state index is 5.89. The highest BCUT2D eigenvalue weighted by molar-refractivity contribution is 6.34. The van der Waals surface area contributed by atoms with Crippen LogP contribution >= 0.6 is 23.2 Å². The maximum atomic E-state index is 5.89. The molecule has 0 aliphatic rings. The predicted molar refractivity (Wildman–Crippen MR) is 100 cm³/mol. The quantitative estimate of drug-likeness (QED) is 0.438. The second-order valence-electron chi connectivity index (χ2n) is 5.56. The van der Waals surface area contributed by atoms with Gasteiger partial charge < -0.3 is 14.6 Å². The molecule has 4 aromatic heterocycles. The third-order valence-electron chi connectivity index (χ3n) is 3.60. The Morgan fingerprint density at radius 3 is 1.48 bits per heavy atom. The highest BCUT2D eigenvalue weighted by Gasteiger charge is 2.06. The summed E-state index contributed by atoms with van der Waals surface area (Å²) in [5, 5.41) is 0.955. The predicted octanol–water partition coefficient (Wildman–Crippen LogP) is 3.04. The summed E-state index contributed by atoms with van der Waals surface area (Å²) in [4.78, 5) is 16.5. The highest BCUT2D eigenvalue weighted by Crippen LogP contribution is 2.20. The van der Waals surface area contributed by atoms with Crippen molar-refractivity contribution in [1.82, 2.24) is 29.1 Å². The van der Waals surface area contributed by atoms with Crippen molar-refractivity contribution in [1.29, 1.82) is 0 Å². The molecule has 2 N–H and O–H groups in total. The van der Waals surface area contributed by atoms with Gasteiger partial charge in [-0.1, -0.05) is 23.2 Å². The van der Waals surface area contributed by atoms with Gasteiger partial charge in [-0.05, 0) is 26.0 Å². The lowest BCUT2D eigenvalue weighted by atomic mass is 10.3. The van der Waals surface area contributed by atoms with Gasteiger partial charge in [0.25, 0.3) is 0 Å². The second kappa shape index (κ2) is 7.35. The fraction of sp³-hybridized carbons (Fsp3) is 0.250. The van der Waals surface area contributed by atoms with Gasteiger partial charge in [0, 0.05) is 25.5 Å². The Morgan fingerprint density at radius 1 is 0.760 bits per heavy atom. The molecule has 0 radical (unpaired) electrons. The molecule has 0 aromatic carbocycles. The molecule has 0 saturated heterocycles. The summed E-state index contributed by atoms with van der Waals surface area (Å²) in [7, 11) is 3.87. The number of hydrogen-bond acceptors (Lipinski definition) is 4. The van der Waals surface area contributed by atoms with E-state index in [0.29, 0.717) is 10.3 Å². The number of pyridine rings is 2. The molecule has 9 heteroatoms. The van der Waals surface area contributed by atoms with Crippen LogP contribution < -0.4 is 0 Å². The first kappa shape index (κ1) is 19.1. The van der Waals surface area contributed by atoms with Crippen molar-refractivity contribution in [2.45, 2.75) is 13.8 Å². The fourth-order valence-electron chi connectivity index (χ4n) is 2.41. The molecule has 4 aromatic rings. The van der Waals surface area contributed by atoms with Crippen molar-refractivity contribution < 1.29 is 5.48 Å². The Labute approximate surface area is 154 Å². The summed E-state index contributed by atoms with van der Waals surface area (Å²) < 4.78 is 3.85. The molecule has 25 heavy (non-hydrogen) atoms. The van der Waals surface area contributed by atoms with E-state index in [1.54, 1.807) is 12.7 Å². The van der Waals surface area contributed by atoms with E-state index in [9.17, 15) is 0 Å². The van der Waals surface area contributed by atoms with Gasteiger partial charge in [-0.25, -0.2) is 19.9 Å². The van der Waals surface area contributed by atoms with Gasteiger partial charge in [0.15, 0.2) is 10.3 Å². The van der Waals surface area contributed by atoms with Gasteiger partial charge >= 0.3 is 0 Å². The smallest absolute Gasteiger partial charge is 0.157 e. The van der Waals surface area contributed by atoms with Crippen LogP contribution in [-0.4, -0.2) is 34.5 Å². The lowest BCUT2D eigenvalue weighted by molar-refractivity contribution is 0.824. The average molecular weight is 381 g/mol. The van der Waals surface area contributed by atoms with Crippen molar-refractivity contribution in [2.75, 3.05) is 0 Å². The molecule has 0 amide bonds. The number of fused-ring (bicyclic) bond motifs is 2. The van der Waals surface area contributed by atoms with Crippen LogP contribution in [0, 0.1) is 13.8 Å². The lowest BCUT2D eigenvalue weighted by Crippen LogP contribution is -1.87. The Hall–Kier alpha value is -2.22. The minimum Gasteiger partial charge on any atom is -0.412 e. The number of imidazole rings is 2. The first-order valence-electron chi connectivity index (χ1n) is 7.25. The second-order valence-corrected chi connectivity index (χ2v) is 6.27.